The van der Waals surface area contributed by atoms with Crippen molar-refractivity contribution in [3.05, 3.63) is 28.3 Å². The molecule has 3 nitrogen and oxygen atoms in total. The summed E-state index contributed by atoms with van der Waals surface area (Å²) < 4.78 is 43.3. The van der Waals surface area contributed by atoms with Crippen molar-refractivity contribution in [2.75, 3.05) is 19.7 Å². The molecule has 0 aliphatic carbocycles. The highest BCUT2D eigenvalue weighted by Crippen LogP contribution is 2.40. The highest BCUT2D eigenvalue weighted by atomic mass is 35.5. The van der Waals surface area contributed by atoms with Crippen molar-refractivity contribution >= 4 is 11.6 Å². The number of phenolic OH excluding ortho intramolecular Hbond substituents is 1. The van der Waals surface area contributed by atoms with E-state index in [0.29, 0.717) is 25.8 Å². The third-order valence-electron chi connectivity index (χ3n) is 2.69. The van der Waals surface area contributed by atoms with Crippen molar-refractivity contribution in [3.63, 3.8) is 0 Å². The van der Waals surface area contributed by atoms with Crippen LogP contribution >= 0.6 is 11.6 Å². The van der Waals surface area contributed by atoms with Gasteiger partial charge in [0.25, 0.3) is 0 Å². The minimum absolute atomic E-state index is 0.0574. The predicted octanol–water partition coefficient (Wildman–Crippen LogP) is 2.73. The molecule has 1 aliphatic heterocycles. The Labute approximate surface area is 107 Å². The maximum Gasteiger partial charge on any atom is 0.416 e. The van der Waals surface area contributed by atoms with Gasteiger partial charge in [0.2, 0.25) is 0 Å². The lowest BCUT2D eigenvalue weighted by Gasteiger charge is -2.25. The monoisotopic (exact) mass is 281 g/mol. The number of ether oxygens (including phenoxy) is 1. The maximum atomic E-state index is 12.7. The quantitative estimate of drug-likeness (QED) is 0.832. The molecule has 1 unspecified atom stereocenters. The smallest absolute Gasteiger partial charge is 0.416 e. The zero-order valence-electron chi connectivity index (χ0n) is 9.22. The molecule has 0 amide bonds. The van der Waals surface area contributed by atoms with Crippen molar-refractivity contribution in [1.82, 2.24) is 5.32 Å². The predicted molar refractivity (Wildman–Crippen MR) is 59.7 cm³/mol. The van der Waals surface area contributed by atoms with Gasteiger partial charge in [0.1, 0.15) is 5.75 Å². The second-order valence-corrected chi connectivity index (χ2v) is 4.36. The molecule has 0 saturated carbocycles. The number of rotatable bonds is 1. The second kappa shape index (κ2) is 4.95. The van der Waals surface area contributed by atoms with Gasteiger partial charge < -0.3 is 15.2 Å². The number of hydrogen-bond acceptors (Lipinski definition) is 3. The highest BCUT2D eigenvalue weighted by Gasteiger charge is 2.33. The number of alkyl halides is 3. The molecule has 1 aromatic rings. The van der Waals surface area contributed by atoms with Gasteiger partial charge in [-0.25, -0.2) is 0 Å². The van der Waals surface area contributed by atoms with Gasteiger partial charge in [-0.05, 0) is 12.1 Å². The van der Waals surface area contributed by atoms with Crippen LogP contribution in [0.1, 0.15) is 17.2 Å². The Morgan fingerprint density at radius 1 is 1.39 bits per heavy atom. The second-order valence-electron chi connectivity index (χ2n) is 3.96. The van der Waals surface area contributed by atoms with Gasteiger partial charge in [-0.1, -0.05) is 11.6 Å². The fourth-order valence-corrected chi connectivity index (χ4v) is 2.02. The number of morpholine rings is 1. The molecule has 0 bridgehead atoms. The number of halogens is 4. The summed E-state index contributed by atoms with van der Waals surface area (Å²) in [5, 5.41) is 12.4. The molecule has 0 radical (unpaired) electrons. The van der Waals surface area contributed by atoms with Crippen LogP contribution < -0.4 is 5.32 Å². The highest BCUT2D eigenvalue weighted by molar-refractivity contribution is 6.32. The summed E-state index contributed by atoms with van der Waals surface area (Å²) >= 11 is 5.62. The first-order chi connectivity index (χ1) is 8.39. The van der Waals surface area contributed by atoms with Crippen LogP contribution in [0.25, 0.3) is 0 Å². The lowest BCUT2D eigenvalue weighted by molar-refractivity contribution is -0.137. The van der Waals surface area contributed by atoms with Gasteiger partial charge in [-0.3, -0.25) is 0 Å². The molecule has 1 atom stereocenters. The van der Waals surface area contributed by atoms with Crippen LogP contribution in [-0.4, -0.2) is 24.8 Å². The number of aromatic hydroxyl groups is 1. The van der Waals surface area contributed by atoms with E-state index >= 15 is 0 Å². The van der Waals surface area contributed by atoms with Crippen LogP contribution in [0.4, 0.5) is 13.2 Å². The van der Waals surface area contributed by atoms with Crippen LogP contribution in [0, 0.1) is 0 Å². The largest absolute Gasteiger partial charge is 0.506 e. The van der Waals surface area contributed by atoms with E-state index in [1.165, 1.54) is 0 Å². The summed E-state index contributed by atoms with van der Waals surface area (Å²) in [7, 11) is 0. The van der Waals surface area contributed by atoms with Gasteiger partial charge in [-0.2, -0.15) is 13.2 Å². The fraction of sp³-hybridized carbons (Fsp3) is 0.455. The first-order valence-corrected chi connectivity index (χ1v) is 5.69. The Kier molecular flexibility index (Phi) is 3.70. The average molecular weight is 282 g/mol. The van der Waals surface area contributed by atoms with E-state index < -0.39 is 17.8 Å². The zero-order chi connectivity index (χ0) is 13.3. The Hall–Kier alpha value is -0.980. The minimum Gasteiger partial charge on any atom is -0.506 e. The Morgan fingerprint density at radius 3 is 2.67 bits per heavy atom. The first-order valence-electron chi connectivity index (χ1n) is 5.31. The molecule has 18 heavy (non-hydrogen) atoms. The van der Waals surface area contributed by atoms with Crippen molar-refractivity contribution in [2.45, 2.75) is 12.3 Å². The molecule has 100 valence electrons. The minimum atomic E-state index is -4.51. The summed E-state index contributed by atoms with van der Waals surface area (Å²) in [5.74, 6) is -0.363. The third-order valence-corrected chi connectivity index (χ3v) is 2.98. The average Bonchev–Trinajstić information content (AvgIpc) is 2.32. The third kappa shape index (κ3) is 2.71. The molecule has 1 aliphatic rings. The lowest BCUT2D eigenvalue weighted by atomic mass is 10.0. The molecule has 7 heteroatoms. The van der Waals surface area contributed by atoms with E-state index in [9.17, 15) is 18.3 Å². The van der Waals surface area contributed by atoms with Crippen molar-refractivity contribution in [1.29, 1.82) is 0 Å². The van der Waals surface area contributed by atoms with E-state index in [4.69, 9.17) is 16.3 Å². The molecule has 1 saturated heterocycles. The van der Waals surface area contributed by atoms with E-state index in [2.05, 4.69) is 5.32 Å². The molecule has 1 aromatic carbocycles. The zero-order valence-corrected chi connectivity index (χ0v) is 9.98. The number of phenols is 1. The molecule has 2 rings (SSSR count). The summed E-state index contributed by atoms with van der Waals surface area (Å²) in [4.78, 5) is 0. The first kappa shape index (κ1) is 13.5. The van der Waals surface area contributed by atoms with Crippen molar-refractivity contribution in [3.8, 4) is 5.75 Å². The van der Waals surface area contributed by atoms with E-state index in [1.54, 1.807) is 0 Å². The van der Waals surface area contributed by atoms with Gasteiger partial charge in [0, 0.05) is 18.7 Å². The van der Waals surface area contributed by atoms with Crippen LogP contribution in [0.15, 0.2) is 12.1 Å². The van der Waals surface area contributed by atoms with E-state index in [-0.39, 0.29) is 16.3 Å². The summed E-state index contributed by atoms with van der Waals surface area (Å²) in [6.45, 7) is 1.34. The Morgan fingerprint density at radius 2 is 2.11 bits per heavy atom. The number of hydrogen-bond donors (Lipinski definition) is 2. The van der Waals surface area contributed by atoms with Crippen LogP contribution in [0.5, 0.6) is 5.75 Å². The molecule has 1 fully saturated rings. The molecule has 1 heterocycles. The number of nitrogens with one attached hydrogen (secondary N) is 1. The standard InChI is InChI=1S/C11H11ClF3NO2/c12-8-4-6(11(13,14)15)3-7(10(8)17)9-5-16-1-2-18-9/h3-4,9,16-17H,1-2,5H2. The topological polar surface area (TPSA) is 41.5 Å². The molecule has 0 aromatic heterocycles. The van der Waals surface area contributed by atoms with Crippen LogP contribution in [0.3, 0.4) is 0 Å². The van der Waals surface area contributed by atoms with Crippen molar-refractivity contribution < 1.29 is 23.0 Å². The van der Waals surface area contributed by atoms with Crippen molar-refractivity contribution in [2.24, 2.45) is 0 Å². The summed E-state index contributed by atoms with van der Waals surface area (Å²) in [6, 6.07) is 1.58. The Bertz CT molecular complexity index is 445. The maximum absolute atomic E-state index is 12.7. The fourth-order valence-electron chi connectivity index (χ4n) is 1.79. The Balaban J connectivity index is 2.42. The molecule has 2 N–H and O–H groups in total. The molecular formula is C11H11ClF3NO2. The van der Waals surface area contributed by atoms with Crippen LogP contribution in [-0.2, 0) is 10.9 Å². The molecule has 0 spiro atoms. The lowest BCUT2D eigenvalue weighted by Crippen LogP contribution is -2.33. The van der Waals surface area contributed by atoms with E-state index in [0.717, 1.165) is 6.07 Å². The number of benzene rings is 1. The van der Waals surface area contributed by atoms with E-state index in [1.807, 2.05) is 0 Å². The van der Waals surface area contributed by atoms with Gasteiger partial charge in [-0.15, -0.1) is 0 Å². The van der Waals surface area contributed by atoms with Gasteiger partial charge >= 0.3 is 6.18 Å². The summed E-state index contributed by atoms with van der Waals surface area (Å²) in [6.07, 6.45) is -5.13. The van der Waals surface area contributed by atoms with Crippen LogP contribution in [0.2, 0.25) is 5.02 Å². The normalized spacial score (nSPS) is 21.0. The molecular weight excluding hydrogens is 271 g/mol. The summed E-state index contributed by atoms with van der Waals surface area (Å²) in [5.41, 5.74) is -0.837. The van der Waals surface area contributed by atoms with Gasteiger partial charge in [0.05, 0.1) is 23.3 Å². The van der Waals surface area contributed by atoms with Gasteiger partial charge in [0.15, 0.2) is 0 Å². The SMILES string of the molecule is Oc1c(Cl)cc(C(F)(F)F)cc1C1CNCCO1.